The highest BCUT2D eigenvalue weighted by molar-refractivity contribution is 5.95. The van der Waals surface area contributed by atoms with E-state index in [9.17, 15) is 44.1 Å². The molecular formula is C21H29N5O10. The first-order valence-electron chi connectivity index (χ1n) is 10.6. The molecule has 0 aliphatic rings. The van der Waals surface area contributed by atoms with Gasteiger partial charge in [-0.2, -0.15) is 0 Å². The minimum atomic E-state index is -1.70. The van der Waals surface area contributed by atoms with Gasteiger partial charge >= 0.3 is 11.9 Å². The minimum absolute atomic E-state index is 0.0467. The number of carbonyl (C=O) groups excluding carboxylic acids is 4. The van der Waals surface area contributed by atoms with Crippen molar-refractivity contribution in [3.05, 3.63) is 29.8 Å². The normalized spacial score (nSPS) is 13.9. The van der Waals surface area contributed by atoms with Crippen LogP contribution in [-0.4, -0.2) is 86.8 Å². The van der Waals surface area contributed by atoms with Crippen molar-refractivity contribution in [3.63, 3.8) is 0 Å². The van der Waals surface area contributed by atoms with Gasteiger partial charge in [-0.05, 0) is 24.1 Å². The molecule has 11 N–H and O–H groups in total. The molecule has 0 spiro atoms. The summed E-state index contributed by atoms with van der Waals surface area (Å²) in [7, 11) is 0. The number of nitrogens with two attached hydrogens (primary N) is 2. The largest absolute Gasteiger partial charge is 0.508 e. The second kappa shape index (κ2) is 14.2. The monoisotopic (exact) mass is 511 g/mol. The van der Waals surface area contributed by atoms with Crippen LogP contribution in [0, 0.1) is 0 Å². The highest BCUT2D eigenvalue weighted by Crippen LogP contribution is 2.11. The van der Waals surface area contributed by atoms with Gasteiger partial charge in [-0.3, -0.25) is 24.0 Å². The molecule has 0 heterocycles. The molecule has 0 saturated heterocycles. The molecule has 198 valence electrons. The summed E-state index contributed by atoms with van der Waals surface area (Å²) in [5.74, 6) is -6.87. The number of aromatic hydroxyl groups is 1. The number of nitrogens with one attached hydrogen (secondary N) is 3. The Labute approximate surface area is 204 Å². The summed E-state index contributed by atoms with van der Waals surface area (Å²) in [6, 6.07) is -0.612. The van der Waals surface area contributed by atoms with Gasteiger partial charge < -0.3 is 47.8 Å². The topological polar surface area (TPSA) is 271 Å². The number of carbonyl (C=O) groups is 6. The van der Waals surface area contributed by atoms with Crippen molar-refractivity contribution in [2.75, 3.05) is 6.61 Å². The molecule has 4 atom stereocenters. The number of phenols is 1. The lowest BCUT2D eigenvalue weighted by atomic mass is 10.1. The number of amides is 4. The van der Waals surface area contributed by atoms with Gasteiger partial charge in [-0.15, -0.1) is 0 Å². The van der Waals surface area contributed by atoms with E-state index in [1.165, 1.54) is 24.3 Å². The van der Waals surface area contributed by atoms with Crippen LogP contribution in [0.1, 0.15) is 24.8 Å². The molecule has 0 aliphatic carbocycles. The maximum Gasteiger partial charge on any atom is 0.326 e. The van der Waals surface area contributed by atoms with E-state index >= 15 is 0 Å². The summed E-state index contributed by atoms with van der Waals surface area (Å²) in [6.45, 7) is -0.977. The number of rotatable bonds is 15. The molecule has 0 saturated carbocycles. The quantitative estimate of drug-likeness (QED) is 0.112. The maximum atomic E-state index is 12.6. The van der Waals surface area contributed by atoms with Gasteiger partial charge in [-0.1, -0.05) is 12.1 Å². The standard InChI is InChI=1S/C21H29N5O10/c22-12(5-6-16(23)29)18(32)24-13(8-17(30)31)19(33)26-15(9-27)20(34)25-14(21(35)36)7-10-1-3-11(28)4-2-10/h1-4,12-15,27-28H,5-9,22H2,(H2,23,29)(H,24,32)(H,25,34)(H,26,33)(H,30,31)(H,35,36). The second-order valence-electron chi connectivity index (χ2n) is 7.78. The Kier molecular flexibility index (Phi) is 11.8. The minimum Gasteiger partial charge on any atom is -0.508 e. The average Bonchev–Trinajstić information content (AvgIpc) is 2.80. The lowest BCUT2D eigenvalue weighted by Crippen LogP contribution is -2.58. The molecule has 4 unspecified atom stereocenters. The first-order chi connectivity index (χ1) is 16.8. The van der Waals surface area contributed by atoms with E-state index in [0.29, 0.717) is 5.56 Å². The summed E-state index contributed by atoms with van der Waals surface area (Å²) in [5, 5.41) is 43.7. The van der Waals surface area contributed by atoms with Crippen LogP contribution in [0.2, 0.25) is 0 Å². The van der Waals surface area contributed by atoms with Crippen molar-refractivity contribution < 1.29 is 49.2 Å². The summed E-state index contributed by atoms with van der Waals surface area (Å²) in [6.07, 6.45) is -1.49. The van der Waals surface area contributed by atoms with E-state index in [1.54, 1.807) is 0 Å². The summed E-state index contributed by atoms with van der Waals surface area (Å²) in [4.78, 5) is 70.9. The number of hydrogen-bond acceptors (Lipinski definition) is 9. The Bertz CT molecular complexity index is 968. The van der Waals surface area contributed by atoms with Crippen molar-refractivity contribution in [2.45, 2.75) is 49.9 Å². The number of aliphatic hydroxyl groups excluding tert-OH is 1. The zero-order chi connectivity index (χ0) is 27.4. The van der Waals surface area contributed by atoms with Crippen LogP contribution < -0.4 is 27.4 Å². The number of hydrogen-bond donors (Lipinski definition) is 9. The van der Waals surface area contributed by atoms with Crippen LogP contribution in [0.4, 0.5) is 0 Å². The Morgan fingerprint density at radius 1 is 0.833 bits per heavy atom. The van der Waals surface area contributed by atoms with Crippen LogP contribution in [0.3, 0.4) is 0 Å². The van der Waals surface area contributed by atoms with Crippen LogP contribution in [0.25, 0.3) is 0 Å². The van der Waals surface area contributed by atoms with Crippen LogP contribution in [-0.2, 0) is 35.2 Å². The Balaban J connectivity index is 2.87. The molecule has 1 aromatic rings. The van der Waals surface area contributed by atoms with E-state index in [4.69, 9.17) is 16.6 Å². The average molecular weight is 511 g/mol. The molecule has 0 aliphatic heterocycles. The van der Waals surface area contributed by atoms with Gasteiger partial charge in [0.1, 0.15) is 23.9 Å². The Morgan fingerprint density at radius 2 is 1.36 bits per heavy atom. The van der Waals surface area contributed by atoms with Crippen molar-refractivity contribution in [3.8, 4) is 5.75 Å². The Morgan fingerprint density at radius 3 is 1.86 bits per heavy atom. The summed E-state index contributed by atoms with van der Waals surface area (Å²) in [5.41, 5.74) is 11.0. The molecule has 0 bridgehead atoms. The fourth-order valence-corrected chi connectivity index (χ4v) is 2.90. The zero-order valence-corrected chi connectivity index (χ0v) is 19.0. The van der Waals surface area contributed by atoms with E-state index in [0.717, 1.165) is 0 Å². The highest BCUT2D eigenvalue weighted by Gasteiger charge is 2.31. The van der Waals surface area contributed by atoms with E-state index < -0.39 is 72.8 Å². The van der Waals surface area contributed by atoms with Crippen molar-refractivity contribution >= 4 is 35.6 Å². The lowest BCUT2D eigenvalue weighted by Gasteiger charge is -2.23. The van der Waals surface area contributed by atoms with Crippen molar-refractivity contribution in [2.24, 2.45) is 11.5 Å². The molecule has 15 nitrogen and oxygen atoms in total. The predicted octanol–water partition coefficient (Wildman–Crippen LogP) is -3.47. The third kappa shape index (κ3) is 10.4. The third-order valence-corrected chi connectivity index (χ3v) is 4.86. The van der Waals surface area contributed by atoms with Gasteiger partial charge in [0.25, 0.3) is 0 Å². The fraction of sp³-hybridized carbons (Fsp3) is 0.429. The summed E-state index contributed by atoms with van der Waals surface area (Å²) >= 11 is 0. The smallest absolute Gasteiger partial charge is 0.326 e. The number of carboxylic acid groups (broad SMARTS) is 2. The molecular weight excluding hydrogens is 482 g/mol. The first kappa shape index (κ1) is 29.8. The van der Waals surface area contributed by atoms with E-state index in [-0.39, 0.29) is 25.0 Å². The number of carboxylic acids is 2. The third-order valence-electron chi connectivity index (χ3n) is 4.86. The van der Waals surface area contributed by atoms with Gasteiger partial charge in [0.05, 0.1) is 19.1 Å². The molecule has 0 fully saturated rings. The van der Waals surface area contributed by atoms with Gasteiger partial charge in [0.15, 0.2) is 0 Å². The molecule has 15 heteroatoms. The van der Waals surface area contributed by atoms with E-state index in [2.05, 4.69) is 16.0 Å². The number of aliphatic hydroxyl groups is 1. The zero-order valence-electron chi connectivity index (χ0n) is 19.0. The molecule has 4 amide bonds. The maximum absolute atomic E-state index is 12.6. The number of phenolic OH excluding ortho intramolecular Hbond substituents is 1. The fourth-order valence-electron chi connectivity index (χ4n) is 2.90. The van der Waals surface area contributed by atoms with Gasteiger partial charge in [0.2, 0.25) is 23.6 Å². The van der Waals surface area contributed by atoms with E-state index in [1.807, 2.05) is 0 Å². The van der Waals surface area contributed by atoms with Gasteiger partial charge in [0, 0.05) is 12.8 Å². The molecule has 36 heavy (non-hydrogen) atoms. The molecule has 0 aromatic heterocycles. The summed E-state index contributed by atoms with van der Waals surface area (Å²) < 4.78 is 0. The van der Waals surface area contributed by atoms with Gasteiger partial charge in [-0.25, -0.2) is 4.79 Å². The number of aliphatic carboxylic acids is 2. The number of benzene rings is 1. The molecule has 1 aromatic carbocycles. The van der Waals surface area contributed by atoms with Crippen LogP contribution in [0.15, 0.2) is 24.3 Å². The van der Waals surface area contributed by atoms with Crippen LogP contribution in [0.5, 0.6) is 5.75 Å². The van der Waals surface area contributed by atoms with Crippen molar-refractivity contribution in [1.29, 1.82) is 0 Å². The molecule has 1 rings (SSSR count). The Hall–Kier alpha value is -4.24. The van der Waals surface area contributed by atoms with Crippen LogP contribution >= 0.6 is 0 Å². The highest BCUT2D eigenvalue weighted by atomic mass is 16.4. The predicted molar refractivity (Wildman–Crippen MR) is 121 cm³/mol. The van der Waals surface area contributed by atoms with Crippen molar-refractivity contribution in [1.82, 2.24) is 16.0 Å². The lowest BCUT2D eigenvalue weighted by molar-refractivity contribution is -0.143. The first-order valence-corrected chi connectivity index (χ1v) is 10.6. The SMILES string of the molecule is NC(=O)CCC(N)C(=O)NC(CC(=O)O)C(=O)NC(CO)C(=O)NC(Cc1ccc(O)cc1)C(=O)O. The second-order valence-corrected chi connectivity index (χ2v) is 7.78. The number of primary amides is 1. The molecule has 0 radical (unpaired) electrons.